The zero-order valence-corrected chi connectivity index (χ0v) is 16.3. The number of anilines is 1. The van der Waals surface area contributed by atoms with Gasteiger partial charge in [0.1, 0.15) is 6.33 Å². The Morgan fingerprint density at radius 3 is 2.71 bits per heavy atom. The lowest BCUT2D eigenvalue weighted by Gasteiger charge is -2.13. The summed E-state index contributed by atoms with van der Waals surface area (Å²) in [7, 11) is 1.30. The van der Waals surface area contributed by atoms with Crippen molar-refractivity contribution in [3.8, 4) is 0 Å². The first kappa shape index (κ1) is 19.9. The molecule has 0 fully saturated rings. The Morgan fingerprint density at radius 1 is 1.18 bits per heavy atom. The molecule has 1 amide bonds. The van der Waals surface area contributed by atoms with Crippen molar-refractivity contribution in [3.05, 3.63) is 64.2 Å². The van der Waals surface area contributed by atoms with E-state index in [1.807, 2.05) is 0 Å². The van der Waals surface area contributed by atoms with Crippen LogP contribution in [0.15, 0.2) is 42.9 Å². The summed E-state index contributed by atoms with van der Waals surface area (Å²) in [4.78, 5) is 32.0. The van der Waals surface area contributed by atoms with Crippen LogP contribution in [-0.2, 0) is 16.1 Å². The average Bonchev–Trinajstić information content (AvgIpc) is 2.69. The highest BCUT2D eigenvalue weighted by Crippen LogP contribution is 2.34. The van der Waals surface area contributed by atoms with E-state index < -0.39 is 5.97 Å². The Hall–Kier alpha value is -2.90. The summed E-state index contributed by atoms with van der Waals surface area (Å²) in [6, 6.07) is 8.23. The number of halogens is 2. The quantitative estimate of drug-likeness (QED) is 0.595. The van der Waals surface area contributed by atoms with E-state index >= 15 is 0 Å². The molecular formula is C19H16Cl2N4O3. The van der Waals surface area contributed by atoms with Crippen LogP contribution in [0.3, 0.4) is 0 Å². The minimum Gasteiger partial charge on any atom is -0.465 e. The predicted octanol–water partition coefficient (Wildman–Crippen LogP) is 3.45. The normalized spacial score (nSPS) is 10.5. The number of amides is 1. The Labute approximate surface area is 171 Å². The van der Waals surface area contributed by atoms with Crippen LogP contribution < -0.4 is 10.6 Å². The van der Waals surface area contributed by atoms with Gasteiger partial charge in [0, 0.05) is 22.3 Å². The number of esters is 1. The lowest BCUT2D eigenvalue weighted by atomic mass is 10.0. The molecule has 1 heterocycles. The van der Waals surface area contributed by atoms with Crippen LogP contribution in [0.2, 0.25) is 10.0 Å². The number of carbonyl (C=O) groups excluding carboxylic acids is 2. The number of methoxy groups -OCH3 is 1. The third-order valence-electron chi connectivity index (χ3n) is 3.94. The molecule has 0 aliphatic rings. The van der Waals surface area contributed by atoms with E-state index in [4.69, 9.17) is 27.9 Å². The lowest BCUT2D eigenvalue weighted by molar-refractivity contribution is -0.119. The molecule has 9 heteroatoms. The number of hydrogen-bond donors (Lipinski definition) is 2. The van der Waals surface area contributed by atoms with Crippen LogP contribution in [0.1, 0.15) is 16.1 Å². The van der Waals surface area contributed by atoms with Gasteiger partial charge in [-0.2, -0.15) is 0 Å². The van der Waals surface area contributed by atoms with E-state index in [9.17, 15) is 9.59 Å². The maximum atomic E-state index is 12.2. The first-order valence-electron chi connectivity index (χ1n) is 8.24. The number of benzene rings is 2. The summed E-state index contributed by atoms with van der Waals surface area (Å²) in [5.74, 6) is -0.755. The largest absolute Gasteiger partial charge is 0.465 e. The van der Waals surface area contributed by atoms with Gasteiger partial charge < -0.3 is 15.4 Å². The molecule has 28 heavy (non-hydrogen) atoms. The molecule has 0 radical (unpaired) electrons. The van der Waals surface area contributed by atoms with Crippen molar-refractivity contribution in [3.63, 3.8) is 0 Å². The molecule has 3 rings (SSSR count). The number of nitrogens with one attached hydrogen (secondary N) is 2. The van der Waals surface area contributed by atoms with E-state index in [0.29, 0.717) is 37.8 Å². The number of hydrogen-bond acceptors (Lipinski definition) is 6. The highest BCUT2D eigenvalue weighted by Gasteiger charge is 2.14. The molecule has 0 unspecified atom stereocenters. The van der Waals surface area contributed by atoms with Gasteiger partial charge in [-0.1, -0.05) is 23.2 Å². The van der Waals surface area contributed by atoms with Crippen molar-refractivity contribution < 1.29 is 14.3 Å². The van der Waals surface area contributed by atoms with Crippen molar-refractivity contribution in [2.75, 3.05) is 19.0 Å². The zero-order valence-electron chi connectivity index (χ0n) is 14.8. The highest BCUT2D eigenvalue weighted by atomic mass is 35.5. The zero-order chi connectivity index (χ0) is 20.1. The van der Waals surface area contributed by atoms with Crippen LogP contribution in [0.4, 0.5) is 5.69 Å². The van der Waals surface area contributed by atoms with Crippen molar-refractivity contribution in [2.24, 2.45) is 0 Å². The predicted molar refractivity (Wildman–Crippen MR) is 108 cm³/mol. The molecule has 144 valence electrons. The molecule has 0 aliphatic carbocycles. The first-order chi connectivity index (χ1) is 13.5. The summed E-state index contributed by atoms with van der Waals surface area (Å²) in [6.07, 6.45) is 3.02. The molecule has 3 aromatic rings. The van der Waals surface area contributed by atoms with Gasteiger partial charge in [0.05, 0.1) is 36.5 Å². The topological polar surface area (TPSA) is 93.2 Å². The van der Waals surface area contributed by atoms with E-state index in [1.165, 1.54) is 13.4 Å². The highest BCUT2D eigenvalue weighted by molar-refractivity contribution is 6.39. The van der Waals surface area contributed by atoms with Gasteiger partial charge >= 0.3 is 5.97 Å². The third-order valence-corrected chi connectivity index (χ3v) is 4.45. The fourth-order valence-corrected chi connectivity index (χ4v) is 3.26. The van der Waals surface area contributed by atoms with Gasteiger partial charge in [-0.05, 0) is 35.7 Å². The minimum absolute atomic E-state index is 0.0240. The molecule has 0 saturated carbocycles. The van der Waals surface area contributed by atoms with Crippen LogP contribution in [-0.4, -0.2) is 35.5 Å². The van der Waals surface area contributed by atoms with Crippen molar-refractivity contribution in [2.45, 2.75) is 6.54 Å². The summed E-state index contributed by atoms with van der Waals surface area (Å²) < 4.78 is 4.79. The molecule has 2 N–H and O–H groups in total. The number of ether oxygens (including phenoxy) is 1. The van der Waals surface area contributed by atoms with Gasteiger partial charge in [-0.15, -0.1) is 0 Å². The number of fused-ring (bicyclic) bond motifs is 1. The molecule has 0 bridgehead atoms. The number of carbonyl (C=O) groups is 2. The van der Waals surface area contributed by atoms with Crippen molar-refractivity contribution >= 4 is 51.5 Å². The van der Waals surface area contributed by atoms with Crippen LogP contribution in [0, 0.1) is 0 Å². The van der Waals surface area contributed by atoms with Gasteiger partial charge in [0.15, 0.2) is 0 Å². The van der Waals surface area contributed by atoms with Crippen molar-refractivity contribution in [1.82, 2.24) is 15.3 Å². The molecule has 2 aromatic carbocycles. The van der Waals surface area contributed by atoms with Gasteiger partial charge in [-0.3, -0.25) is 4.79 Å². The fourth-order valence-electron chi connectivity index (χ4n) is 2.65. The molecule has 0 saturated heterocycles. The summed E-state index contributed by atoms with van der Waals surface area (Å²) in [6.45, 7) is 0.256. The van der Waals surface area contributed by atoms with Gasteiger partial charge in [0.2, 0.25) is 5.91 Å². The first-order valence-corrected chi connectivity index (χ1v) is 9.00. The van der Waals surface area contributed by atoms with Crippen LogP contribution >= 0.6 is 23.2 Å². The Kier molecular flexibility index (Phi) is 6.28. The third kappa shape index (κ3) is 4.68. The monoisotopic (exact) mass is 418 g/mol. The minimum atomic E-state index is -0.505. The molecule has 0 aliphatic heterocycles. The van der Waals surface area contributed by atoms with E-state index in [0.717, 1.165) is 0 Å². The number of rotatable bonds is 6. The molecule has 0 atom stereocenters. The Morgan fingerprint density at radius 2 is 2.00 bits per heavy atom. The number of aromatic nitrogens is 2. The van der Waals surface area contributed by atoms with E-state index in [2.05, 4.69) is 20.6 Å². The molecular weight excluding hydrogens is 403 g/mol. The van der Waals surface area contributed by atoms with Gasteiger partial charge in [0.25, 0.3) is 0 Å². The maximum Gasteiger partial charge on any atom is 0.337 e. The average molecular weight is 419 g/mol. The van der Waals surface area contributed by atoms with Gasteiger partial charge in [-0.25, -0.2) is 14.8 Å². The lowest BCUT2D eigenvalue weighted by Crippen LogP contribution is -2.29. The molecule has 1 aromatic heterocycles. The molecule has 7 nitrogen and oxygen atoms in total. The Bertz CT molecular complexity index is 1030. The standard InChI is InChI=1S/C19H16Cl2N4O3/c1-28-19(27)12-4-11-5-13(20)7-15(21)18(11)16(6-12)23-9-17(26)24-8-14-2-3-22-10-25-14/h2-7,10,23H,8-9H2,1H3,(H,24,26). The summed E-state index contributed by atoms with van der Waals surface area (Å²) in [5, 5.41) is 7.93. The SMILES string of the molecule is COC(=O)c1cc(NCC(=O)NCc2ccncn2)c2c(Cl)cc(Cl)cc2c1. The van der Waals surface area contributed by atoms with Crippen LogP contribution in [0.25, 0.3) is 10.8 Å². The summed E-state index contributed by atoms with van der Waals surface area (Å²) >= 11 is 12.4. The van der Waals surface area contributed by atoms with Crippen LogP contribution in [0.5, 0.6) is 0 Å². The van der Waals surface area contributed by atoms with Crippen molar-refractivity contribution in [1.29, 1.82) is 0 Å². The maximum absolute atomic E-state index is 12.2. The number of nitrogens with zero attached hydrogens (tertiary/aromatic N) is 2. The second-order valence-corrected chi connectivity index (χ2v) is 6.68. The summed E-state index contributed by atoms with van der Waals surface area (Å²) in [5.41, 5.74) is 1.54. The second kappa shape index (κ2) is 8.86. The van der Waals surface area contributed by atoms with E-state index in [-0.39, 0.29) is 19.0 Å². The molecule has 0 spiro atoms. The second-order valence-electron chi connectivity index (χ2n) is 5.83. The fraction of sp³-hybridized carbons (Fsp3) is 0.158. The smallest absolute Gasteiger partial charge is 0.337 e. The van der Waals surface area contributed by atoms with E-state index in [1.54, 1.807) is 36.5 Å². The Balaban J connectivity index is 1.80.